The maximum atomic E-state index is 2.43. The average Bonchev–Trinajstić information content (AvgIpc) is 2.47. The highest BCUT2D eigenvalue weighted by atomic mass is 28.3. The van der Waals surface area contributed by atoms with Gasteiger partial charge in [-0.1, -0.05) is 50.0 Å². The Morgan fingerprint density at radius 3 is 2.50 bits per heavy atom. The Hall–Kier alpha value is -0.823. The average molecular weight is 201 g/mol. The van der Waals surface area contributed by atoms with Crippen molar-refractivity contribution in [1.82, 2.24) is 0 Å². The van der Waals surface area contributed by atoms with Crippen LogP contribution in [-0.4, -0.2) is 8.07 Å². The van der Waals surface area contributed by atoms with Gasteiger partial charge in [0.2, 0.25) is 0 Å². The molecular formula is C13H17Si. The van der Waals surface area contributed by atoms with Crippen LogP contribution < -0.4 is 0 Å². The van der Waals surface area contributed by atoms with E-state index in [9.17, 15) is 0 Å². The number of fused-ring (bicyclic) bond motifs is 1. The summed E-state index contributed by atoms with van der Waals surface area (Å²) in [5.41, 5.74) is 4.38. The third-order valence-electron chi connectivity index (χ3n) is 2.49. The molecule has 1 radical (unpaired) electrons. The first-order valence-electron chi connectivity index (χ1n) is 5.20. The molecule has 1 aliphatic rings. The monoisotopic (exact) mass is 201 g/mol. The molecule has 1 aromatic carbocycles. The van der Waals surface area contributed by atoms with Crippen molar-refractivity contribution in [2.45, 2.75) is 25.7 Å². The topological polar surface area (TPSA) is 0 Å². The second-order valence-corrected chi connectivity index (χ2v) is 10.7. The molecule has 0 saturated carbocycles. The van der Waals surface area contributed by atoms with Crippen LogP contribution in [0.3, 0.4) is 0 Å². The zero-order valence-corrected chi connectivity index (χ0v) is 10.2. The minimum Gasteiger partial charge on any atom is -0.0725 e. The van der Waals surface area contributed by atoms with Gasteiger partial charge in [-0.15, -0.1) is 0 Å². The molecule has 1 heteroatoms. The lowest BCUT2D eigenvalue weighted by atomic mass is 10.1. The van der Waals surface area contributed by atoms with Gasteiger partial charge in [0.05, 0.1) is 0 Å². The van der Waals surface area contributed by atoms with E-state index in [1.807, 2.05) is 0 Å². The van der Waals surface area contributed by atoms with Crippen molar-refractivity contribution in [2.75, 3.05) is 0 Å². The van der Waals surface area contributed by atoms with E-state index in [2.05, 4.69) is 56.4 Å². The van der Waals surface area contributed by atoms with Gasteiger partial charge in [-0.25, -0.2) is 0 Å². The Labute approximate surface area is 87.7 Å². The summed E-state index contributed by atoms with van der Waals surface area (Å²) in [6.07, 6.45) is 4.54. The highest BCUT2D eigenvalue weighted by Crippen LogP contribution is 2.34. The second kappa shape index (κ2) is 3.39. The van der Waals surface area contributed by atoms with Crippen LogP contribution in [0.15, 0.2) is 30.3 Å². The van der Waals surface area contributed by atoms with E-state index < -0.39 is 8.07 Å². The number of allylic oxidation sites excluding steroid dienone is 2. The van der Waals surface area contributed by atoms with Crippen LogP contribution in [0.2, 0.25) is 25.7 Å². The fourth-order valence-electron chi connectivity index (χ4n) is 1.94. The predicted molar refractivity (Wildman–Crippen MR) is 66.0 cm³/mol. The van der Waals surface area contributed by atoms with E-state index >= 15 is 0 Å². The smallest absolute Gasteiger partial charge is 0.0487 e. The van der Waals surface area contributed by atoms with Crippen molar-refractivity contribution in [2.24, 2.45) is 0 Å². The van der Waals surface area contributed by atoms with Crippen LogP contribution in [0.1, 0.15) is 11.1 Å². The maximum Gasteiger partial charge on any atom is 0.0487 e. The van der Waals surface area contributed by atoms with E-state index in [1.165, 1.54) is 17.2 Å². The zero-order valence-electron chi connectivity index (χ0n) is 9.17. The zero-order chi connectivity index (χ0) is 10.2. The van der Waals surface area contributed by atoms with Crippen molar-refractivity contribution >= 4 is 13.6 Å². The molecule has 0 spiro atoms. The van der Waals surface area contributed by atoms with E-state index in [1.54, 1.807) is 5.57 Å². The van der Waals surface area contributed by atoms with Crippen molar-refractivity contribution in [3.63, 3.8) is 0 Å². The molecule has 1 aliphatic carbocycles. The van der Waals surface area contributed by atoms with Gasteiger partial charge in [-0.05, 0) is 22.7 Å². The summed E-state index contributed by atoms with van der Waals surface area (Å²) < 4.78 is 0. The third kappa shape index (κ3) is 1.98. The Kier molecular flexibility index (Phi) is 2.36. The van der Waals surface area contributed by atoms with Crippen molar-refractivity contribution in [1.29, 1.82) is 0 Å². The molecule has 2 rings (SSSR count). The van der Waals surface area contributed by atoms with Crippen molar-refractivity contribution < 1.29 is 0 Å². The Balaban J connectivity index is 2.25. The number of rotatable bonds is 2. The first kappa shape index (κ1) is 9.72. The minimum absolute atomic E-state index is 0.979. The molecule has 0 atom stereocenters. The molecule has 0 aromatic heterocycles. The third-order valence-corrected chi connectivity index (χ3v) is 3.93. The van der Waals surface area contributed by atoms with E-state index in [0.717, 1.165) is 0 Å². The summed E-state index contributed by atoms with van der Waals surface area (Å²) >= 11 is 0. The quantitative estimate of drug-likeness (QED) is 0.635. The van der Waals surface area contributed by atoms with E-state index in [-0.39, 0.29) is 0 Å². The Morgan fingerprint density at radius 1 is 1.07 bits per heavy atom. The van der Waals surface area contributed by atoms with Crippen molar-refractivity contribution in [3.8, 4) is 0 Å². The number of hydrogen-bond acceptors (Lipinski definition) is 0. The number of hydrogen-bond donors (Lipinski definition) is 0. The van der Waals surface area contributed by atoms with Crippen LogP contribution in [0.5, 0.6) is 0 Å². The summed E-state index contributed by atoms with van der Waals surface area (Å²) in [4.78, 5) is 0. The van der Waals surface area contributed by atoms with Gasteiger partial charge in [0.25, 0.3) is 0 Å². The normalized spacial score (nSPS) is 15.2. The molecule has 14 heavy (non-hydrogen) atoms. The second-order valence-electron chi connectivity index (χ2n) is 5.18. The summed E-state index contributed by atoms with van der Waals surface area (Å²) in [7, 11) is -0.979. The van der Waals surface area contributed by atoms with Gasteiger partial charge in [0, 0.05) is 14.5 Å². The fourth-order valence-corrected chi connectivity index (χ4v) is 3.39. The van der Waals surface area contributed by atoms with Crippen LogP contribution in [0.25, 0.3) is 5.57 Å². The van der Waals surface area contributed by atoms with Gasteiger partial charge in [0.15, 0.2) is 0 Å². The summed E-state index contributed by atoms with van der Waals surface area (Å²) in [5, 5.41) is 0. The maximum absolute atomic E-state index is 2.43. The van der Waals surface area contributed by atoms with Gasteiger partial charge < -0.3 is 0 Å². The van der Waals surface area contributed by atoms with Gasteiger partial charge in [-0.3, -0.25) is 0 Å². The molecule has 0 bridgehead atoms. The highest BCUT2D eigenvalue weighted by molar-refractivity contribution is 6.77. The first-order valence-corrected chi connectivity index (χ1v) is 8.90. The molecule has 0 N–H and O–H groups in total. The van der Waals surface area contributed by atoms with Gasteiger partial charge in [-0.2, -0.15) is 0 Å². The molecular weight excluding hydrogens is 184 g/mol. The molecule has 0 heterocycles. The lowest BCUT2D eigenvalue weighted by Gasteiger charge is -2.17. The SMILES string of the molecule is C[Si](C)(C)CC1=C[CH]c2ccccc21. The molecule has 73 valence electrons. The number of benzene rings is 1. The van der Waals surface area contributed by atoms with Crippen molar-refractivity contribution in [3.05, 3.63) is 47.9 Å². The molecule has 0 nitrogen and oxygen atoms in total. The Bertz CT molecular complexity index is 369. The van der Waals surface area contributed by atoms with Crippen LogP contribution in [0, 0.1) is 6.42 Å². The van der Waals surface area contributed by atoms with Crippen LogP contribution in [0.4, 0.5) is 0 Å². The predicted octanol–water partition coefficient (Wildman–Crippen LogP) is 3.97. The lowest BCUT2D eigenvalue weighted by molar-refractivity contribution is 1.48. The molecule has 0 saturated heterocycles. The van der Waals surface area contributed by atoms with Crippen LogP contribution >= 0.6 is 0 Å². The van der Waals surface area contributed by atoms with E-state index in [4.69, 9.17) is 0 Å². The van der Waals surface area contributed by atoms with Gasteiger partial charge in [0.1, 0.15) is 0 Å². The first-order chi connectivity index (χ1) is 6.56. The van der Waals surface area contributed by atoms with Crippen LogP contribution in [-0.2, 0) is 0 Å². The van der Waals surface area contributed by atoms with Gasteiger partial charge >= 0.3 is 0 Å². The largest absolute Gasteiger partial charge is 0.0725 e. The summed E-state index contributed by atoms with van der Waals surface area (Å²) in [5.74, 6) is 0. The minimum atomic E-state index is -0.979. The highest BCUT2D eigenvalue weighted by Gasteiger charge is 2.20. The summed E-state index contributed by atoms with van der Waals surface area (Å²) in [6, 6.07) is 9.98. The van der Waals surface area contributed by atoms with E-state index in [0.29, 0.717) is 0 Å². The molecule has 0 aliphatic heterocycles. The lowest BCUT2D eigenvalue weighted by Crippen LogP contribution is -2.19. The summed E-state index contributed by atoms with van der Waals surface area (Å²) in [6.45, 7) is 7.28. The molecule has 0 unspecified atom stereocenters. The Morgan fingerprint density at radius 2 is 1.79 bits per heavy atom. The molecule has 0 fully saturated rings. The fraction of sp³-hybridized carbons (Fsp3) is 0.308. The molecule has 0 amide bonds. The standard InChI is InChI=1S/C13H17Si/c1-14(2,3)10-12-9-8-11-6-4-5-7-13(11)12/h4-9H,10H2,1-3H3. The molecule has 1 aromatic rings.